The number of H-pyrrole nitrogens is 1. The summed E-state index contributed by atoms with van der Waals surface area (Å²) in [6.07, 6.45) is 2.41. The number of carbonyl (C=O) groups is 6. The summed E-state index contributed by atoms with van der Waals surface area (Å²) in [6.45, 7) is 0.873. The maximum absolute atomic E-state index is 13.9. The van der Waals surface area contributed by atoms with Crippen molar-refractivity contribution in [3.8, 4) is 11.3 Å². The number of amides is 3. The standard InChI is InChI=1S/C47H48N4O8/c1-58-43(53)28-36(31-11-5-3-6-12-31)46(56)50-23-9-15-40(50)42(52)26-30-17-22-38-34(25-30)27-39(49-38)33-18-20-35(21-19-33)48-45(55)41-16-10-24-51(41)47(57)37(29-44(54)59-2)32-13-7-4-8-14-32/h3-8,11-14,17-22,25,27,36-37,40-41,49H,9-10,15-16,23-24,26,28-29H2,1-2H3,(H,48,55)/t36-,37-,40+,41+/m1/s1. The Morgan fingerprint density at radius 3 is 1.78 bits per heavy atom. The first-order valence-electron chi connectivity index (χ1n) is 20.0. The number of ketones is 1. The molecule has 12 nitrogen and oxygen atoms in total. The van der Waals surface area contributed by atoms with Gasteiger partial charge in [-0.3, -0.25) is 28.8 Å². The summed E-state index contributed by atoms with van der Waals surface area (Å²) < 4.78 is 9.77. The summed E-state index contributed by atoms with van der Waals surface area (Å²) in [5.41, 5.74) is 5.47. The van der Waals surface area contributed by atoms with E-state index in [1.165, 1.54) is 14.2 Å². The predicted molar refractivity (Wildman–Crippen MR) is 222 cm³/mol. The summed E-state index contributed by atoms with van der Waals surface area (Å²) in [4.78, 5) is 86.2. The van der Waals surface area contributed by atoms with Gasteiger partial charge < -0.3 is 29.6 Å². The molecule has 0 saturated carbocycles. The number of hydrogen-bond acceptors (Lipinski definition) is 8. The number of aromatic amines is 1. The lowest BCUT2D eigenvalue weighted by Gasteiger charge is -2.28. The molecule has 2 saturated heterocycles. The van der Waals surface area contributed by atoms with Crippen molar-refractivity contribution in [2.75, 3.05) is 32.6 Å². The van der Waals surface area contributed by atoms with Gasteiger partial charge in [-0.25, -0.2) is 0 Å². The number of aromatic nitrogens is 1. The number of methoxy groups -OCH3 is 2. The molecule has 3 amide bonds. The Labute approximate surface area is 342 Å². The van der Waals surface area contributed by atoms with E-state index in [4.69, 9.17) is 9.47 Å². The monoisotopic (exact) mass is 796 g/mol. The maximum Gasteiger partial charge on any atom is 0.306 e. The Hall–Kier alpha value is -6.56. The summed E-state index contributed by atoms with van der Waals surface area (Å²) in [7, 11) is 2.60. The molecular formula is C47H48N4O8. The van der Waals surface area contributed by atoms with Crippen molar-refractivity contribution in [2.45, 2.75) is 68.9 Å². The van der Waals surface area contributed by atoms with Gasteiger partial charge in [0, 0.05) is 41.8 Å². The molecule has 3 heterocycles. The average molecular weight is 797 g/mol. The van der Waals surface area contributed by atoms with Crippen LogP contribution in [0.3, 0.4) is 0 Å². The van der Waals surface area contributed by atoms with E-state index < -0.39 is 35.9 Å². The number of nitrogens with zero attached hydrogens (tertiary/aromatic N) is 2. The Bertz CT molecular complexity index is 2320. The van der Waals surface area contributed by atoms with Gasteiger partial charge in [-0.1, -0.05) is 78.9 Å². The number of rotatable bonds is 14. The summed E-state index contributed by atoms with van der Waals surface area (Å²) >= 11 is 0. The van der Waals surface area contributed by atoms with E-state index >= 15 is 0 Å². The molecule has 2 N–H and O–H groups in total. The van der Waals surface area contributed by atoms with Crippen LogP contribution in [-0.4, -0.2) is 89.6 Å². The van der Waals surface area contributed by atoms with Crippen LogP contribution in [0.25, 0.3) is 22.2 Å². The third-order valence-corrected chi connectivity index (χ3v) is 11.5. The molecule has 4 aromatic carbocycles. The molecule has 2 aliphatic rings. The van der Waals surface area contributed by atoms with Crippen molar-refractivity contribution in [3.63, 3.8) is 0 Å². The van der Waals surface area contributed by atoms with Gasteiger partial charge in [-0.15, -0.1) is 0 Å². The first kappa shape index (κ1) is 40.6. The maximum atomic E-state index is 13.9. The number of anilines is 1. The Balaban J connectivity index is 0.991. The molecule has 0 aliphatic carbocycles. The van der Waals surface area contributed by atoms with Crippen LogP contribution < -0.4 is 5.32 Å². The molecule has 0 radical (unpaired) electrons. The number of esters is 2. The molecule has 5 aromatic rings. The van der Waals surface area contributed by atoms with Gasteiger partial charge >= 0.3 is 11.9 Å². The predicted octanol–water partition coefficient (Wildman–Crippen LogP) is 6.56. The molecule has 4 atom stereocenters. The van der Waals surface area contributed by atoms with Crippen LogP contribution in [0.15, 0.2) is 109 Å². The minimum absolute atomic E-state index is 0.0456. The number of fused-ring (bicyclic) bond motifs is 1. The van der Waals surface area contributed by atoms with Gasteiger partial charge in [0.2, 0.25) is 17.7 Å². The Morgan fingerprint density at radius 1 is 0.678 bits per heavy atom. The molecular weight excluding hydrogens is 749 g/mol. The van der Waals surface area contributed by atoms with Crippen molar-refractivity contribution in [3.05, 3.63) is 126 Å². The zero-order chi connectivity index (χ0) is 41.5. The fraction of sp³-hybridized carbons (Fsp3) is 0.319. The topological polar surface area (TPSA) is 155 Å². The number of benzene rings is 4. The Kier molecular flexibility index (Phi) is 12.6. The largest absolute Gasteiger partial charge is 0.469 e. The van der Waals surface area contributed by atoms with E-state index in [2.05, 4.69) is 10.3 Å². The van der Waals surface area contributed by atoms with Crippen molar-refractivity contribution in [1.29, 1.82) is 0 Å². The first-order valence-corrected chi connectivity index (χ1v) is 20.0. The molecule has 7 rings (SSSR count). The Morgan fingerprint density at radius 2 is 1.22 bits per heavy atom. The average Bonchev–Trinajstić information content (AvgIpc) is 4.06. The molecule has 1 aromatic heterocycles. The van der Waals surface area contributed by atoms with E-state index in [0.717, 1.165) is 27.7 Å². The molecule has 2 fully saturated rings. The SMILES string of the molecule is COC(=O)C[C@@H](C(=O)N1CCC[C@H]1C(=O)Cc1ccc2[nH]c(-c3ccc(NC(=O)[C@@H]4CCCN4C(=O)[C@H](CC(=O)OC)c4ccccc4)cc3)cc2c1)c1ccccc1. The normalized spacial score (nSPS) is 17.3. The summed E-state index contributed by atoms with van der Waals surface area (Å²) in [6, 6.07) is 32.3. The third kappa shape index (κ3) is 9.27. The van der Waals surface area contributed by atoms with Crippen LogP contribution >= 0.6 is 0 Å². The van der Waals surface area contributed by atoms with Crippen LogP contribution in [0.2, 0.25) is 0 Å². The van der Waals surface area contributed by atoms with Crippen molar-refractivity contribution < 1.29 is 38.2 Å². The van der Waals surface area contributed by atoms with Crippen molar-refractivity contribution in [2.24, 2.45) is 0 Å². The van der Waals surface area contributed by atoms with Crippen LogP contribution in [0.1, 0.15) is 67.1 Å². The number of nitrogens with one attached hydrogen (secondary N) is 2. The van der Waals surface area contributed by atoms with Gasteiger partial charge in [-0.05, 0) is 78.3 Å². The van der Waals surface area contributed by atoms with Crippen LogP contribution in [-0.2, 0) is 44.7 Å². The van der Waals surface area contributed by atoms with Gasteiger partial charge in [0.1, 0.15) is 6.04 Å². The molecule has 12 heteroatoms. The van der Waals surface area contributed by atoms with E-state index in [-0.39, 0.29) is 42.8 Å². The van der Waals surface area contributed by atoms with E-state index in [1.807, 2.05) is 97.1 Å². The second-order valence-corrected chi connectivity index (χ2v) is 15.2. The van der Waals surface area contributed by atoms with Crippen LogP contribution in [0, 0.1) is 0 Å². The highest BCUT2D eigenvalue weighted by atomic mass is 16.5. The van der Waals surface area contributed by atoms with E-state index in [0.29, 0.717) is 55.6 Å². The highest BCUT2D eigenvalue weighted by Gasteiger charge is 2.40. The molecule has 59 heavy (non-hydrogen) atoms. The van der Waals surface area contributed by atoms with Crippen molar-refractivity contribution >= 4 is 52.0 Å². The number of carbonyl (C=O) groups excluding carboxylic acids is 6. The summed E-state index contributed by atoms with van der Waals surface area (Å²) in [5, 5.41) is 3.90. The highest BCUT2D eigenvalue weighted by molar-refractivity contribution is 5.99. The molecule has 0 bridgehead atoms. The smallest absolute Gasteiger partial charge is 0.306 e. The van der Waals surface area contributed by atoms with Gasteiger partial charge in [0.05, 0.1) is 44.9 Å². The molecule has 0 unspecified atom stereocenters. The minimum atomic E-state index is -0.753. The third-order valence-electron chi connectivity index (χ3n) is 11.5. The van der Waals surface area contributed by atoms with Crippen LogP contribution in [0.4, 0.5) is 5.69 Å². The second kappa shape index (κ2) is 18.4. The first-order chi connectivity index (χ1) is 28.6. The van der Waals surface area contributed by atoms with E-state index in [9.17, 15) is 28.8 Å². The minimum Gasteiger partial charge on any atom is -0.469 e. The summed E-state index contributed by atoms with van der Waals surface area (Å²) in [5.74, 6) is -3.31. The lowest BCUT2D eigenvalue weighted by atomic mass is 9.93. The number of likely N-dealkylation sites (tertiary alicyclic amines) is 2. The fourth-order valence-electron chi connectivity index (χ4n) is 8.36. The quantitative estimate of drug-likeness (QED) is 0.120. The lowest BCUT2D eigenvalue weighted by molar-refractivity contribution is -0.146. The zero-order valence-corrected chi connectivity index (χ0v) is 33.2. The van der Waals surface area contributed by atoms with Gasteiger partial charge in [-0.2, -0.15) is 0 Å². The molecule has 304 valence electrons. The lowest BCUT2D eigenvalue weighted by Crippen LogP contribution is -2.45. The highest BCUT2D eigenvalue weighted by Crippen LogP contribution is 2.32. The van der Waals surface area contributed by atoms with Crippen molar-refractivity contribution in [1.82, 2.24) is 14.8 Å². The number of ether oxygens (including phenoxy) is 2. The zero-order valence-electron chi connectivity index (χ0n) is 33.2. The molecule has 2 aliphatic heterocycles. The fourth-order valence-corrected chi connectivity index (χ4v) is 8.36. The number of Topliss-reactive ketones (excluding diaryl/α,β-unsaturated/α-hetero) is 1. The number of hydrogen-bond donors (Lipinski definition) is 2. The van der Waals surface area contributed by atoms with Crippen LogP contribution in [0.5, 0.6) is 0 Å². The van der Waals surface area contributed by atoms with Gasteiger partial charge in [0.15, 0.2) is 5.78 Å². The van der Waals surface area contributed by atoms with E-state index in [1.54, 1.807) is 21.9 Å². The van der Waals surface area contributed by atoms with Gasteiger partial charge in [0.25, 0.3) is 0 Å². The second-order valence-electron chi connectivity index (χ2n) is 15.2. The molecule has 0 spiro atoms.